The molecule has 0 fully saturated rings. The van der Waals surface area contributed by atoms with Crippen molar-refractivity contribution in [2.45, 2.75) is 33.3 Å². The van der Waals surface area contributed by atoms with Gasteiger partial charge in [-0.05, 0) is 47.5 Å². The molecule has 0 aliphatic heterocycles. The minimum absolute atomic E-state index is 0.0270. The van der Waals surface area contributed by atoms with Crippen molar-refractivity contribution in [2.75, 3.05) is 6.61 Å². The highest BCUT2D eigenvalue weighted by Crippen LogP contribution is 2.39. The third-order valence-corrected chi connectivity index (χ3v) is 6.97. The van der Waals surface area contributed by atoms with Crippen molar-refractivity contribution < 1.29 is 14.4 Å². The van der Waals surface area contributed by atoms with E-state index in [0.29, 0.717) is 22.3 Å². The topological polar surface area (TPSA) is 109 Å². The molecule has 0 bridgehead atoms. The maximum Gasteiger partial charge on any atom is 0.315 e. The van der Waals surface area contributed by atoms with Crippen molar-refractivity contribution >= 4 is 49.5 Å². The minimum atomic E-state index is -0.515. The number of nitro groups is 1. The summed E-state index contributed by atoms with van der Waals surface area (Å²) in [5.74, 6) is 0.598. The molecule has 0 saturated heterocycles. The second-order valence-corrected chi connectivity index (χ2v) is 10.5. The molecule has 0 N–H and O–H groups in total. The van der Waals surface area contributed by atoms with E-state index in [1.54, 1.807) is 25.1 Å². The van der Waals surface area contributed by atoms with E-state index < -0.39 is 4.92 Å². The van der Waals surface area contributed by atoms with Crippen LogP contribution in [0.5, 0.6) is 11.5 Å². The molecule has 0 saturated carbocycles. The third kappa shape index (κ3) is 5.83. The number of benzene rings is 4. The van der Waals surface area contributed by atoms with E-state index >= 15 is 0 Å². The fourth-order valence-corrected chi connectivity index (χ4v) is 4.93. The summed E-state index contributed by atoms with van der Waals surface area (Å²) in [5.41, 5.74) is 1.21. The molecule has 41 heavy (non-hydrogen) atoms. The summed E-state index contributed by atoms with van der Waals surface area (Å²) >= 11 is 3.40. The first-order chi connectivity index (χ1) is 19.8. The summed E-state index contributed by atoms with van der Waals surface area (Å²) in [6.45, 7) is 6.00. The van der Waals surface area contributed by atoms with Crippen LogP contribution >= 0.6 is 15.9 Å². The summed E-state index contributed by atoms with van der Waals surface area (Å²) in [6, 6.07) is 22.0. The number of nitrogens with zero attached hydrogens (tertiary/aromatic N) is 4. The van der Waals surface area contributed by atoms with E-state index in [0.717, 1.165) is 20.8 Å². The van der Waals surface area contributed by atoms with Gasteiger partial charge in [0.05, 0.1) is 28.6 Å². The zero-order valence-corrected chi connectivity index (χ0v) is 24.3. The Morgan fingerprint density at radius 1 is 1.05 bits per heavy atom. The molecule has 5 rings (SSSR count). The van der Waals surface area contributed by atoms with E-state index in [4.69, 9.17) is 9.47 Å². The van der Waals surface area contributed by atoms with E-state index in [9.17, 15) is 14.9 Å². The predicted molar refractivity (Wildman–Crippen MR) is 163 cm³/mol. The van der Waals surface area contributed by atoms with E-state index in [1.807, 2.05) is 62.4 Å². The number of ether oxygens (including phenoxy) is 2. The average Bonchev–Trinajstić information content (AvgIpc) is 2.96. The molecule has 0 aliphatic carbocycles. The molecule has 9 nitrogen and oxygen atoms in total. The van der Waals surface area contributed by atoms with Crippen LogP contribution in [0.1, 0.15) is 43.6 Å². The SMILES string of the molecule is CCOc1cc(C=Nn2c(C(C)C)nc3ccc(Br)cc3c2=O)cc([N+](=O)[O-])c1OCc1cccc2ccccc12. The van der Waals surface area contributed by atoms with Gasteiger partial charge in [-0.3, -0.25) is 14.9 Å². The minimum Gasteiger partial charge on any atom is -0.490 e. The Morgan fingerprint density at radius 2 is 1.83 bits per heavy atom. The maximum atomic E-state index is 13.4. The van der Waals surface area contributed by atoms with Crippen molar-refractivity contribution in [1.29, 1.82) is 0 Å². The summed E-state index contributed by atoms with van der Waals surface area (Å²) in [5, 5.41) is 19.0. The third-order valence-electron chi connectivity index (χ3n) is 6.48. The zero-order chi connectivity index (χ0) is 29.1. The summed E-state index contributed by atoms with van der Waals surface area (Å²) in [7, 11) is 0. The quantitative estimate of drug-likeness (QED) is 0.0986. The van der Waals surface area contributed by atoms with Gasteiger partial charge in [-0.25, -0.2) is 4.98 Å². The average molecular weight is 615 g/mol. The van der Waals surface area contributed by atoms with Crippen LogP contribution < -0.4 is 15.0 Å². The Morgan fingerprint density at radius 3 is 2.59 bits per heavy atom. The number of halogens is 1. The molecule has 0 unspecified atom stereocenters. The van der Waals surface area contributed by atoms with Crippen LogP contribution in [0.25, 0.3) is 21.7 Å². The van der Waals surface area contributed by atoms with Gasteiger partial charge in [0, 0.05) is 22.0 Å². The van der Waals surface area contributed by atoms with Gasteiger partial charge in [0.1, 0.15) is 12.4 Å². The zero-order valence-electron chi connectivity index (χ0n) is 22.7. The molecule has 0 amide bonds. The second kappa shape index (κ2) is 11.9. The van der Waals surface area contributed by atoms with Crippen LogP contribution in [-0.2, 0) is 6.61 Å². The largest absolute Gasteiger partial charge is 0.490 e. The molecule has 1 heterocycles. The lowest BCUT2D eigenvalue weighted by molar-refractivity contribution is -0.386. The molecule has 0 radical (unpaired) electrons. The molecule has 1 aromatic heterocycles. The Bertz CT molecular complexity index is 1860. The molecule has 5 aromatic rings. The van der Waals surface area contributed by atoms with E-state index in [2.05, 4.69) is 26.0 Å². The first kappa shape index (κ1) is 28.0. The standard InChI is InChI=1S/C31H27BrN4O5/c1-4-40-28-15-20(17-33-35-30(19(2)3)34-26-13-12-23(32)16-25(26)31(35)37)14-27(36(38)39)29(28)41-18-22-10-7-9-21-8-5-6-11-24(21)22/h5-17,19H,4,18H2,1-3H3. The number of nitro benzene ring substituents is 1. The smallest absolute Gasteiger partial charge is 0.315 e. The molecule has 0 spiro atoms. The lowest BCUT2D eigenvalue weighted by Crippen LogP contribution is -2.23. The van der Waals surface area contributed by atoms with Crippen LogP contribution in [0.2, 0.25) is 0 Å². The maximum absolute atomic E-state index is 13.4. The van der Waals surface area contributed by atoms with Gasteiger partial charge in [0.15, 0.2) is 5.75 Å². The number of hydrogen-bond acceptors (Lipinski definition) is 7. The van der Waals surface area contributed by atoms with Gasteiger partial charge >= 0.3 is 5.69 Å². The van der Waals surface area contributed by atoms with Crippen molar-refractivity contribution in [3.63, 3.8) is 0 Å². The number of fused-ring (bicyclic) bond motifs is 2. The van der Waals surface area contributed by atoms with Crippen molar-refractivity contribution in [3.8, 4) is 11.5 Å². The van der Waals surface area contributed by atoms with E-state index in [-0.39, 0.29) is 41.9 Å². The molecule has 0 atom stereocenters. The normalized spacial score (nSPS) is 11.5. The fraction of sp³-hybridized carbons (Fsp3) is 0.194. The number of hydrogen-bond donors (Lipinski definition) is 0. The van der Waals surface area contributed by atoms with Crippen LogP contribution in [0, 0.1) is 10.1 Å². The number of aromatic nitrogens is 2. The fourth-order valence-electron chi connectivity index (χ4n) is 4.57. The highest BCUT2D eigenvalue weighted by Gasteiger charge is 2.23. The van der Waals surface area contributed by atoms with Gasteiger partial charge in [0.2, 0.25) is 5.75 Å². The highest BCUT2D eigenvalue weighted by molar-refractivity contribution is 9.10. The lowest BCUT2D eigenvalue weighted by atomic mass is 10.1. The van der Waals surface area contributed by atoms with Gasteiger partial charge < -0.3 is 9.47 Å². The molecular weight excluding hydrogens is 588 g/mol. The van der Waals surface area contributed by atoms with Crippen molar-refractivity contribution in [1.82, 2.24) is 9.66 Å². The Kier molecular flexibility index (Phi) is 8.11. The second-order valence-electron chi connectivity index (χ2n) is 9.63. The van der Waals surface area contributed by atoms with Crippen LogP contribution in [0.4, 0.5) is 5.69 Å². The molecular formula is C31H27BrN4O5. The molecule has 10 heteroatoms. The van der Waals surface area contributed by atoms with Crippen molar-refractivity contribution in [3.05, 3.63) is 115 Å². The van der Waals surface area contributed by atoms with Gasteiger partial charge in [-0.1, -0.05) is 72.2 Å². The summed E-state index contributed by atoms with van der Waals surface area (Å²) in [6.07, 6.45) is 1.39. The molecule has 0 aliphatic rings. The van der Waals surface area contributed by atoms with Gasteiger partial charge in [-0.2, -0.15) is 9.78 Å². The van der Waals surface area contributed by atoms with E-state index in [1.165, 1.54) is 17.0 Å². The van der Waals surface area contributed by atoms with Crippen LogP contribution in [-0.4, -0.2) is 27.4 Å². The Hall–Kier alpha value is -4.57. The lowest BCUT2D eigenvalue weighted by Gasteiger charge is -2.14. The highest BCUT2D eigenvalue weighted by atomic mass is 79.9. The Labute approximate surface area is 244 Å². The first-order valence-corrected chi connectivity index (χ1v) is 13.9. The van der Waals surface area contributed by atoms with Gasteiger partial charge in [-0.15, -0.1) is 0 Å². The summed E-state index contributed by atoms with van der Waals surface area (Å²) in [4.78, 5) is 29.7. The predicted octanol–water partition coefficient (Wildman–Crippen LogP) is 7.20. The summed E-state index contributed by atoms with van der Waals surface area (Å²) < 4.78 is 13.8. The monoisotopic (exact) mass is 614 g/mol. The Balaban J connectivity index is 1.55. The van der Waals surface area contributed by atoms with Gasteiger partial charge in [0.25, 0.3) is 5.56 Å². The number of rotatable bonds is 9. The molecule has 208 valence electrons. The first-order valence-electron chi connectivity index (χ1n) is 13.1. The van der Waals surface area contributed by atoms with Crippen LogP contribution in [0.3, 0.4) is 0 Å². The van der Waals surface area contributed by atoms with Crippen LogP contribution in [0.15, 0.2) is 87.2 Å². The van der Waals surface area contributed by atoms with Crippen molar-refractivity contribution in [2.24, 2.45) is 5.10 Å². The molecule has 4 aromatic carbocycles.